The molecule has 19 heavy (non-hydrogen) atoms. The fourth-order valence-corrected chi connectivity index (χ4v) is 2.53. The summed E-state index contributed by atoms with van der Waals surface area (Å²) in [4.78, 5) is 17.0. The van der Waals surface area contributed by atoms with Crippen molar-refractivity contribution in [3.8, 4) is 0 Å². The molecular weight excluding hydrogens is 240 g/mol. The zero-order chi connectivity index (χ0) is 13.5. The Hall–Kier alpha value is -1.78. The van der Waals surface area contributed by atoms with Crippen molar-refractivity contribution in [3.63, 3.8) is 0 Å². The van der Waals surface area contributed by atoms with E-state index in [-0.39, 0.29) is 11.8 Å². The van der Waals surface area contributed by atoms with Crippen molar-refractivity contribution in [2.24, 2.45) is 11.1 Å². The number of hydrogen-bond donors (Lipinski definition) is 1. The number of rotatable bonds is 2. The minimum Gasteiger partial charge on any atom is -0.379 e. The number of hydrogen-bond acceptors (Lipinski definition) is 4. The molecule has 4 heteroatoms. The number of ether oxygens (including phenoxy) is 1. The van der Waals surface area contributed by atoms with Gasteiger partial charge in [-0.1, -0.05) is 24.3 Å². The van der Waals surface area contributed by atoms with E-state index in [4.69, 9.17) is 10.5 Å². The Morgan fingerprint density at radius 2 is 2.21 bits per heavy atom. The monoisotopic (exact) mass is 256 g/mol. The standard InChI is InChI=1S/C15H16N2O2/c1-15(9-19-8-13(15)16)14(18)12-7-17-6-10-4-2-3-5-11(10)12/h2-7,13H,8-9,16H2,1H3. The number of nitrogens with two attached hydrogens (primary N) is 1. The lowest BCUT2D eigenvalue weighted by molar-refractivity contribution is 0.0769. The molecule has 98 valence electrons. The van der Waals surface area contributed by atoms with Crippen LogP contribution in [0.3, 0.4) is 0 Å². The summed E-state index contributed by atoms with van der Waals surface area (Å²) < 4.78 is 5.36. The Labute approximate surface area is 111 Å². The lowest BCUT2D eigenvalue weighted by atomic mass is 9.78. The molecule has 1 aliphatic heterocycles. The summed E-state index contributed by atoms with van der Waals surface area (Å²) in [5, 5.41) is 1.88. The van der Waals surface area contributed by atoms with Crippen molar-refractivity contribution in [3.05, 3.63) is 42.2 Å². The third kappa shape index (κ3) is 1.84. The maximum absolute atomic E-state index is 12.8. The molecule has 1 aromatic carbocycles. The van der Waals surface area contributed by atoms with E-state index < -0.39 is 5.41 Å². The van der Waals surface area contributed by atoms with Crippen LogP contribution in [0.5, 0.6) is 0 Å². The lowest BCUT2D eigenvalue weighted by Crippen LogP contribution is -2.44. The maximum Gasteiger partial charge on any atom is 0.174 e. The van der Waals surface area contributed by atoms with Crippen LogP contribution in [0.25, 0.3) is 10.8 Å². The summed E-state index contributed by atoms with van der Waals surface area (Å²) in [6.07, 6.45) is 3.39. The van der Waals surface area contributed by atoms with E-state index in [0.717, 1.165) is 10.8 Å². The van der Waals surface area contributed by atoms with Crippen molar-refractivity contribution < 1.29 is 9.53 Å². The van der Waals surface area contributed by atoms with Gasteiger partial charge in [-0.2, -0.15) is 0 Å². The van der Waals surface area contributed by atoms with E-state index in [0.29, 0.717) is 18.8 Å². The van der Waals surface area contributed by atoms with Crippen molar-refractivity contribution in [1.82, 2.24) is 4.98 Å². The molecule has 2 aromatic rings. The van der Waals surface area contributed by atoms with Gasteiger partial charge in [0.05, 0.1) is 18.6 Å². The maximum atomic E-state index is 12.8. The molecule has 0 aliphatic carbocycles. The van der Waals surface area contributed by atoms with Crippen LogP contribution in [-0.2, 0) is 4.74 Å². The van der Waals surface area contributed by atoms with Gasteiger partial charge in [0.2, 0.25) is 0 Å². The number of carbonyl (C=O) groups excluding carboxylic acids is 1. The molecule has 0 radical (unpaired) electrons. The van der Waals surface area contributed by atoms with Crippen LogP contribution in [0.1, 0.15) is 17.3 Å². The second kappa shape index (κ2) is 4.40. The lowest BCUT2D eigenvalue weighted by Gasteiger charge is -2.25. The number of Topliss-reactive ketones (excluding diaryl/α,β-unsaturated/α-hetero) is 1. The van der Waals surface area contributed by atoms with Gasteiger partial charge >= 0.3 is 0 Å². The average Bonchev–Trinajstić information content (AvgIpc) is 2.78. The number of benzene rings is 1. The van der Waals surface area contributed by atoms with Crippen LogP contribution in [-0.4, -0.2) is 30.0 Å². The number of carbonyl (C=O) groups is 1. The summed E-state index contributed by atoms with van der Waals surface area (Å²) in [5.41, 5.74) is 5.99. The van der Waals surface area contributed by atoms with Gasteiger partial charge in [0.25, 0.3) is 0 Å². The summed E-state index contributed by atoms with van der Waals surface area (Å²) >= 11 is 0. The van der Waals surface area contributed by atoms with Gasteiger partial charge in [-0.3, -0.25) is 9.78 Å². The Kier molecular flexibility index (Phi) is 2.84. The molecule has 2 atom stereocenters. The second-order valence-electron chi connectivity index (χ2n) is 5.28. The Bertz CT molecular complexity index is 636. The first-order valence-electron chi connectivity index (χ1n) is 6.34. The minimum atomic E-state index is -0.661. The van der Waals surface area contributed by atoms with Gasteiger partial charge in [0.15, 0.2) is 5.78 Å². The first-order valence-corrected chi connectivity index (χ1v) is 6.34. The smallest absolute Gasteiger partial charge is 0.174 e. The number of ketones is 1. The number of aromatic nitrogens is 1. The Morgan fingerprint density at radius 1 is 1.42 bits per heavy atom. The summed E-state index contributed by atoms with van der Waals surface area (Å²) in [6.45, 7) is 2.67. The predicted molar refractivity (Wildman–Crippen MR) is 73.0 cm³/mol. The fraction of sp³-hybridized carbons (Fsp3) is 0.333. The highest BCUT2D eigenvalue weighted by Gasteiger charge is 2.44. The highest BCUT2D eigenvalue weighted by Crippen LogP contribution is 2.33. The van der Waals surface area contributed by atoms with Crippen LogP contribution in [0, 0.1) is 5.41 Å². The number of pyridine rings is 1. The minimum absolute atomic E-state index is 0.0156. The molecule has 0 bridgehead atoms. The quantitative estimate of drug-likeness (QED) is 0.832. The molecule has 3 rings (SSSR count). The summed E-state index contributed by atoms with van der Waals surface area (Å²) in [7, 11) is 0. The molecular formula is C15H16N2O2. The van der Waals surface area contributed by atoms with E-state index >= 15 is 0 Å². The summed E-state index contributed by atoms with van der Waals surface area (Å²) in [5.74, 6) is 0.0156. The molecule has 1 fully saturated rings. The number of nitrogens with zero attached hydrogens (tertiary/aromatic N) is 1. The highest BCUT2D eigenvalue weighted by molar-refractivity contribution is 6.10. The molecule has 0 spiro atoms. The van der Waals surface area contributed by atoms with Crippen molar-refractivity contribution in [1.29, 1.82) is 0 Å². The van der Waals surface area contributed by atoms with Crippen molar-refractivity contribution in [2.75, 3.05) is 13.2 Å². The fourth-order valence-electron chi connectivity index (χ4n) is 2.53. The highest BCUT2D eigenvalue weighted by atomic mass is 16.5. The molecule has 2 unspecified atom stereocenters. The Balaban J connectivity index is 2.12. The van der Waals surface area contributed by atoms with Gasteiger partial charge in [0.1, 0.15) is 0 Å². The molecule has 0 amide bonds. The van der Waals surface area contributed by atoms with Gasteiger partial charge in [0, 0.05) is 29.4 Å². The van der Waals surface area contributed by atoms with Gasteiger partial charge in [-0.25, -0.2) is 0 Å². The summed E-state index contributed by atoms with van der Waals surface area (Å²) in [6, 6.07) is 7.48. The zero-order valence-electron chi connectivity index (χ0n) is 10.8. The van der Waals surface area contributed by atoms with Crippen molar-refractivity contribution >= 4 is 16.6 Å². The molecule has 1 aliphatic rings. The van der Waals surface area contributed by atoms with E-state index in [1.807, 2.05) is 31.2 Å². The van der Waals surface area contributed by atoms with Crippen LogP contribution in [0.15, 0.2) is 36.7 Å². The third-order valence-corrected chi connectivity index (χ3v) is 3.95. The molecule has 4 nitrogen and oxygen atoms in total. The van der Waals surface area contributed by atoms with Gasteiger partial charge in [-0.05, 0) is 12.3 Å². The molecule has 2 heterocycles. The first kappa shape index (κ1) is 12.3. The van der Waals surface area contributed by atoms with Gasteiger partial charge in [-0.15, -0.1) is 0 Å². The van der Waals surface area contributed by atoms with E-state index in [2.05, 4.69) is 4.98 Å². The first-order chi connectivity index (χ1) is 9.13. The van der Waals surface area contributed by atoms with E-state index in [9.17, 15) is 4.79 Å². The Morgan fingerprint density at radius 3 is 2.95 bits per heavy atom. The molecule has 1 aromatic heterocycles. The van der Waals surface area contributed by atoms with Crippen LogP contribution in [0.2, 0.25) is 0 Å². The predicted octanol–water partition coefficient (Wildman–Crippen LogP) is 1.78. The van der Waals surface area contributed by atoms with Gasteiger partial charge < -0.3 is 10.5 Å². The number of fused-ring (bicyclic) bond motifs is 1. The second-order valence-corrected chi connectivity index (χ2v) is 5.28. The van der Waals surface area contributed by atoms with Crippen LogP contribution >= 0.6 is 0 Å². The van der Waals surface area contributed by atoms with E-state index in [1.165, 1.54) is 0 Å². The zero-order valence-corrected chi connectivity index (χ0v) is 10.8. The van der Waals surface area contributed by atoms with Crippen molar-refractivity contribution in [2.45, 2.75) is 13.0 Å². The topological polar surface area (TPSA) is 65.2 Å². The van der Waals surface area contributed by atoms with Crippen LogP contribution < -0.4 is 5.73 Å². The van der Waals surface area contributed by atoms with Crippen LogP contribution in [0.4, 0.5) is 0 Å². The molecule has 0 saturated carbocycles. The van der Waals surface area contributed by atoms with E-state index in [1.54, 1.807) is 12.4 Å². The molecule has 1 saturated heterocycles. The SMILES string of the molecule is CC1(C(=O)c2cncc3ccccc23)COCC1N. The third-order valence-electron chi connectivity index (χ3n) is 3.95. The largest absolute Gasteiger partial charge is 0.379 e. The normalized spacial score (nSPS) is 26.7. The average molecular weight is 256 g/mol. The molecule has 2 N–H and O–H groups in total.